The number of hydrogen-bond donors (Lipinski definition) is 2. The van der Waals surface area contributed by atoms with Gasteiger partial charge < -0.3 is 16.0 Å². The Bertz CT molecular complexity index is 431. The first-order chi connectivity index (χ1) is 8.69. The summed E-state index contributed by atoms with van der Waals surface area (Å²) in [7, 11) is 2.12. The third kappa shape index (κ3) is 3.31. The van der Waals surface area contributed by atoms with Crippen molar-refractivity contribution in [1.82, 2.24) is 4.90 Å². The smallest absolute Gasteiger partial charge is 0.228 e. The highest BCUT2D eigenvalue weighted by molar-refractivity contribution is 5.99. The first-order valence-corrected chi connectivity index (χ1v) is 6.49. The number of nitrogens with zero attached hydrogens (tertiary/aromatic N) is 1. The van der Waals surface area contributed by atoms with Crippen LogP contribution in [0.1, 0.15) is 24.0 Å². The van der Waals surface area contributed by atoms with Crippen molar-refractivity contribution in [2.24, 2.45) is 5.73 Å². The molecule has 0 bridgehead atoms. The molecular weight excluding hydrogens is 226 g/mol. The number of amides is 1. The van der Waals surface area contributed by atoms with E-state index in [0.717, 1.165) is 43.7 Å². The van der Waals surface area contributed by atoms with E-state index >= 15 is 0 Å². The van der Waals surface area contributed by atoms with E-state index in [1.807, 2.05) is 6.07 Å². The number of nitrogens with two attached hydrogens (primary N) is 1. The van der Waals surface area contributed by atoms with Gasteiger partial charge in [-0.25, -0.2) is 0 Å². The van der Waals surface area contributed by atoms with Crippen LogP contribution in [0.5, 0.6) is 0 Å². The Morgan fingerprint density at radius 2 is 2.22 bits per heavy atom. The van der Waals surface area contributed by atoms with Gasteiger partial charge in [-0.05, 0) is 50.2 Å². The molecule has 1 aliphatic heterocycles. The minimum absolute atomic E-state index is 0.0958. The van der Waals surface area contributed by atoms with Crippen molar-refractivity contribution in [1.29, 1.82) is 0 Å². The molecule has 0 unspecified atom stereocenters. The second kappa shape index (κ2) is 5.98. The summed E-state index contributed by atoms with van der Waals surface area (Å²) in [5, 5.41) is 2.85. The predicted molar refractivity (Wildman–Crippen MR) is 73.4 cm³/mol. The summed E-state index contributed by atoms with van der Waals surface area (Å²) in [4.78, 5) is 13.6. The lowest BCUT2D eigenvalue weighted by Gasteiger charge is -2.16. The van der Waals surface area contributed by atoms with Gasteiger partial charge in [0.15, 0.2) is 0 Å². The van der Waals surface area contributed by atoms with Gasteiger partial charge in [-0.1, -0.05) is 12.1 Å². The molecule has 0 aromatic heterocycles. The van der Waals surface area contributed by atoms with Crippen molar-refractivity contribution in [2.75, 3.05) is 25.5 Å². The summed E-state index contributed by atoms with van der Waals surface area (Å²) in [5.41, 5.74) is 8.83. The van der Waals surface area contributed by atoms with E-state index < -0.39 is 0 Å². The number of rotatable bonds is 6. The van der Waals surface area contributed by atoms with E-state index in [1.165, 1.54) is 5.56 Å². The predicted octanol–water partition coefficient (Wildman–Crippen LogP) is 1.35. The van der Waals surface area contributed by atoms with Crippen LogP contribution in [0.3, 0.4) is 0 Å². The minimum atomic E-state index is 0.0958. The third-order valence-electron chi connectivity index (χ3n) is 3.24. The first kappa shape index (κ1) is 13.1. The number of nitrogens with one attached hydrogen (secondary N) is 1. The van der Waals surface area contributed by atoms with Crippen molar-refractivity contribution in [3.63, 3.8) is 0 Å². The largest absolute Gasteiger partial charge is 0.330 e. The van der Waals surface area contributed by atoms with Gasteiger partial charge in [-0.3, -0.25) is 4.79 Å². The lowest BCUT2D eigenvalue weighted by atomic mass is 10.1. The summed E-state index contributed by atoms with van der Waals surface area (Å²) < 4.78 is 0. The molecule has 98 valence electrons. The average molecular weight is 247 g/mol. The fourth-order valence-corrected chi connectivity index (χ4v) is 2.30. The van der Waals surface area contributed by atoms with Crippen LogP contribution in [-0.2, 0) is 17.8 Å². The molecule has 0 radical (unpaired) electrons. The van der Waals surface area contributed by atoms with E-state index in [1.54, 1.807) is 0 Å². The summed E-state index contributed by atoms with van der Waals surface area (Å²) in [6.45, 7) is 2.75. The Kier molecular flexibility index (Phi) is 4.33. The maximum atomic E-state index is 11.3. The maximum absolute atomic E-state index is 11.3. The molecule has 18 heavy (non-hydrogen) atoms. The zero-order valence-electron chi connectivity index (χ0n) is 10.9. The molecule has 4 nitrogen and oxygen atoms in total. The van der Waals surface area contributed by atoms with Crippen LogP contribution in [0, 0.1) is 0 Å². The molecule has 1 heterocycles. The van der Waals surface area contributed by atoms with Crippen LogP contribution in [0.2, 0.25) is 0 Å². The number of benzene rings is 1. The zero-order valence-corrected chi connectivity index (χ0v) is 10.9. The second-order valence-corrected chi connectivity index (χ2v) is 4.95. The lowest BCUT2D eigenvalue weighted by Crippen LogP contribution is -2.19. The van der Waals surface area contributed by atoms with Crippen LogP contribution < -0.4 is 11.1 Å². The Morgan fingerprint density at radius 3 is 3.00 bits per heavy atom. The van der Waals surface area contributed by atoms with Crippen molar-refractivity contribution < 1.29 is 4.79 Å². The highest BCUT2D eigenvalue weighted by atomic mass is 16.1. The number of carbonyl (C=O) groups excluding carboxylic acids is 1. The average Bonchev–Trinajstić information content (AvgIpc) is 2.69. The molecule has 0 saturated heterocycles. The molecule has 2 rings (SSSR count). The topological polar surface area (TPSA) is 58.4 Å². The lowest BCUT2D eigenvalue weighted by molar-refractivity contribution is -0.115. The number of fused-ring (bicyclic) bond motifs is 1. The van der Waals surface area contributed by atoms with Crippen molar-refractivity contribution >= 4 is 11.6 Å². The van der Waals surface area contributed by atoms with E-state index in [9.17, 15) is 4.79 Å². The molecule has 1 aromatic carbocycles. The Hall–Kier alpha value is -1.39. The number of anilines is 1. The molecule has 1 aliphatic rings. The van der Waals surface area contributed by atoms with Crippen molar-refractivity contribution in [3.05, 3.63) is 29.3 Å². The highest BCUT2D eigenvalue weighted by Gasteiger charge is 2.17. The summed E-state index contributed by atoms with van der Waals surface area (Å²) in [6.07, 6.45) is 2.73. The molecule has 3 N–H and O–H groups in total. The Morgan fingerprint density at radius 1 is 1.39 bits per heavy atom. The van der Waals surface area contributed by atoms with E-state index in [-0.39, 0.29) is 5.91 Å². The quantitative estimate of drug-likeness (QED) is 0.746. The van der Waals surface area contributed by atoms with Gasteiger partial charge in [-0.2, -0.15) is 0 Å². The van der Waals surface area contributed by atoms with E-state index in [2.05, 4.69) is 29.4 Å². The molecule has 1 aromatic rings. The van der Waals surface area contributed by atoms with Gasteiger partial charge in [0, 0.05) is 12.2 Å². The van der Waals surface area contributed by atoms with Crippen molar-refractivity contribution in [2.45, 2.75) is 25.8 Å². The number of unbranched alkanes of at least 4 members (excludes halogenated alkanes) is 1. The van der Waals surface area contributed by atoms with Crippen LogP contribution in [-0.4, -0.2) is 30.9 Å². The van der Waals surface area contributed by atoms with Gasteiger partial charge >= 0.3 is 0 Å². The summed E-state index contributed by atoms with van der Waals surface area (Å²) in [5.74, 6) is 0.0958. The molecule has 0 spiro atoms. The Labute approximate surface area is 108 Å². The van der Waals surface area contributed by atoms with Gasteiger partial charge in [0.25, 0.3) is 0 Å². The normalized spacial score (nSPS) is 13.8. The van der Waals surface area contributed by atoms with Gasteiger partial charge in [0.2, 0.25) is 5.91 Å². The SMILES string of the molecule is CN(CCCCN)Cc1ccc2c(c1)CC(=O)N2. The third-order valence-corrected chi connectivity index (χ3v) is 3.24. The molecule has 0 aliphatic carbocycles. The maximum Gasteiger partial charge on any atom is 0.228 e. The fourth-order valence-electron chi connectivity index (χ4n) is 2.30. The molecular formula is C14H21N3O. The van der Waals surface area contributed by atoms with Crippen LogP contribution in [0.25, 0.3) is 0 Å². The first-order valence-electron chi connectivity index (χ1n) is 6.49. The fraction of sp³-hybridized carbons (Fsp3) is 0.500. The van der Waals surface area contributed by atoms with Gasteiger partial charge in [0.1, 0.15) is 0 Å². The summed E-state index contributed by atoms with van der Waals surface area (Å²) >= 11 is 0. The van der Waals surface area contributed by atoms with Gasteiger partial charge in [-0.15, -0.1) is 0 Å². The highest BCUT2D eigenvalue weighted by Crippen LogP contribution is 2.24. The Balaban J connectivity index is 1.90. The standard InChI is InChI=1S/C14H21N3O/c1-17(7-3-2-6-15)10-11-4-5-13-12(8-11)9-14(18)16-13/h4-5,8H,2-3,6-7,9-10,15H2,1H3,(H,16,18). The monoisotopic (exact) mass is 247 g/mol. The number of hydrogen-bond acceptors (Lipinski definition) is 3. The van der Waals surface area contributed by atoms with Crippen LogP contribution in [0.4, 0.5) is 5.69 Å². The van der Waals surface area contributed by atoms with Crippen LogP contribution in [0.15, 0.2) is 18.2 Å². The minimum Gasteiger partial charge on any atom is -0.330 e. The molecule has 0 atom stereocenters. The summed E-state index contributed by atoms with van der Waals surface area (Å²) in [6, 6.07) is 6.22. The zero-order chi connectivity index (χ0) is 13.0. The molecule has 4 heteroatoms. The van der Waals surface area contributed by atoms with E-state index in [4.69, 9.17) is 5.73 Å². The molecule has 0 fully saturated rings. The van der Waals surface area contributed by atoms with Crippen LogP contribution >= 0.6 is 0 Å². The van der Waals surface area contributed by atoms with E-state index in [0.29, 0.717) is 6.42 Å². The van der Waals surface area contributed by atoms with Gasteiger partial charge in [0.05, 0.1) is 6.42 Å². The molecule has 1 amide bonds. The van der Waals surface area contributed by atoms with Crippen molar-refractivity contribution in [3.8, 4) is 0 Å². The molecule has 0 saturated carbocycles. The second-order valence-electron chi connectivity index (χ2n) is 4.95. The number of carbonyl (C=O) groups is 1.